The number of likely N-dealkylation sites (tertiary alicyclic amines) is 1. The Bertz CT molecular complexity index is 864. The third-order valence-electron chi connectivity index (χ3n) is 6.76. The van der Waals surface area contributed by atoms with Gasteiger partial charge in [0.1, 0.15) is 6.04 Å². The van der Waals surface area contributed by atoms with Crippen molar-refractivity contribution in [2.45, 2.75) is 45.9 Å². The summed E-state index contributed by atoms with van der Waals surface area (Å²) < 4.78 is 34.6. The fraction of sp³-hybridized carbons (Fsp3) is 0.619. The van der Waals surface area contributed by atoms with Gasteiger partial charge in [0.15, 0.2) is 11.6 Å². The number of amides is 1. The molecule has 4 rings (SSSR count). The lowest BCUT2D eigenvalue weighted by Crippen LogP contribution is -2.48. The van der Waals surface area contributed by atoms with Crippen molar-refractivity contribution in [1.82, 2.24) is 4.90 Å². The van der Waals surface area contributed by atoms with Crippen molar-refractivity contribution >= 4 is 17.6 Å². The first kappa shape index (κ1) is 20.1. The van der Waals surface area contributed by atoms with Gasteiger partial charge < -0.3 is 19.6 Å². The topological polar surface area (TPSA) is 70.1 Å². The second-order valence-electron chi connectivity index (χ2n) is 9.11. The molecule has 5 atom stereocenters. The smallest absolute Gasteiger partial charge is 0.326 e. The maximum absolute atomic E-state index is 14.9. The van der Waals surface area contributed by atoms with Crippen LogP contribution in [0.2, 0.25) is 0 Å². The maximum atomic E-state index is 14.9. The molecule has 1 aliphatic carbocycles. The number of carbonyl (C=O) groups is 2. The normalized spacial score (nSPS) is 32.8. The van der Waals surface area contributed by atoms with Crippen molar-refractivity contribution in [3.8, 4) is 0 Å². The van der Waals surface area contributed by atoms with E-state index < -0.39 is 29.6 Å². The fourth-order valence-electron chi connectivity index (χ4n) is 5.31. The van der Waals surface area contributed by atoms with E-state index in [9.17, 15) is 23.5 Å². The molecule has 3 fully saturated rings. The molecule has 8 heteroatoms. The van der Waals surface area contributed by atoms with Gasteiger partial charge in [0.2, 0.25) is 0 Å². The van der Waals surface area contributed by atoms with Gasteiger partial charge in [0.05, 0.1) is 23.5 Å². The molecule has 158 valence electrons. The highest BCUT2D eigenvalue weighted by Crippen LogP contribution is 2.65. The van der Waals surface area contributed by atoms with Gasteiger partial charge in [-0.1, -0.05) is 13.8 Å². The number of hydrogen-bond donors (Lipinski definition) is 1. The average molecular weight is 408 g/mol. The molecule has 1 N–H and O–H groups in total. The van der Waals surface area contributed by atoms with E-state index in [0.29, 0.717) is 19.6 Å². The van der Waals surface area contributed by atoms with E-state index in [1.807, 2.05) is 27.7 Å². The number of benzene rings is 1. The predicted octanol–water partition coefficient (Wildman–Crippen LogP) is 2.76. The molecule has 0 aromatic heterocycles. The van der Waals surface area contributed by atoms with E-state index in [-0.39, 0.29) is 40.7 Å². The van der Waals surface area contributed by atoms with Gasteiger partial charge in [-0.15, -0.1) is 0 Å². The number of nitrogens with zero attached hydrogens (tertiary/aromatic N) is 2. The van der Waals surface area contributed by atoms with Crippen LogP contribution in [0.5, 0.6) is 0 Å². The Morgan fingerprint density at radius 3 is 2.34 bits per heavy atom. The SMILES string of the molecule is C[C@@H]1CN(c2c(C(=O)N3C[C@H]4[C@@H]([C@H]3C(=O)O)C4(C)C)ccc(F)c2F)C[C@H](C)O1. The minimum absolute atomic E-state index is 0.00411. The number of aliphatic carboxylic acids is 1. The first-order valence-electron chi connectivity index (χ1n) is 9.96. The molecular formula is C21H26F2N2O4. The highest BCUT2D eigenvalue weighted by molar-refractivity contribution is 6.02. The molecule has 6 nitrogen and oxygen atoms in total. The van der Waals surface area contributed by atoms with Crippen molar-refractivity contribution in [2.75, 3.05) is 24.5 Å². The number of halogens is 2. The second kappa shape index (κ2) is 6.65. The van der Waals surface area contributed by atoms with Crippen LogP contribution in [0.25, 0.3) is 0 Å². The van der Waals surface area contributed by atoms with Gasteiger partial charge >= 0.3 is 5.97 Å². The number of piperidine rings is 1. The number of ether oxygens (including phenoxy) is 1. The fourth-order valence-corrected chi connectivity index (χ4v) is 5.31. The molecule has 3 aliphatic rings. The lowest BCUT2D eigenvalue weighted by molar-refractivity contribution is -0.142. The minimum atomic E-state index is -1.09. The van der Waals surface area contributed by atoms with Gasteiger partial charge in [-0.25, -0.2) is 13.6 Å². The summed E-state index contributed by atoms with van der Waals surface area (Å²) in [6.45, 7) is 8.59. The third-order valence-corrected chi connectivity index (χ3v) is 6.76. The van der Waals surface area contributed by atoms with Crippen molar-refractivity contribution in [2.24, 2.45) is 17.3 Å². The van der Waals surface area contributed by atoms with Crippen LogP contribution in [0, 0.1) is 28.9 Å². The number of anilines is 1. The van der Waals surface area contributed by atoms with Gasteiger partial charge in [0, 0.05) is 25.6 Å². The molecule has 2 heterocycles. The molecule has 0 radical (unpaired) electrons. The molecule has 0 unspecified atom stereocenters. The Morgan fingerprint density at radius 2 is 1.76 bits per heavy atom. The number of morpholine rings is 1. The summed E-state index contributed by atoms with van der Waals surface area (Å²) in [4.78, 5) is 28.2. The number of carbonyl (C=O) groups excluding carboxylic acids is 1. The molecule has 29 heavy (non-hydrogen) atoms. The summed E-state index contributed by atoms with van der Waals surface area (Å²) in [7, 11) is 0. The monoisotopic (exact) mass is 408 g/mol. The Morgan fingerprint density at radius 1 is 1.14 bits per heavy atom. The molecule has 0 bridgehead atoms. The molecular weight excluding hydrogens is 382 g/mol. The first-order valence-corrected chi connectivity index (χ1v) is 9.96. The maximum Gasteiger partial charge on any atom is 0.326 e. The summed E-state index contributed by atoms with van der Waals surface area (Å²) in [6, 6.07) is 1.23. The van der Waals surface area contributed by atoms with Crippen molar-refractivity contribution < 1.29 is 28.2 Å². The van der Waals surface area contributed by atoms with Crippen LogP contribution in [-0.4, -0.2) is 59.8 Å². The molecule has 1 amide bonds. The largest absolute Gasteiger partial charge is 0.480 e. The van der Waals surface area contributed by atoms with E-state index >= 15 is 0 Å². The lowest BCUT2D eigenvalue weighted by atomic mass is 9.99. The van der Waals surface area contributed by atoms with Gasteiger partial charge in [-0.3, -0.25) is 4.79 Å². The molecule has 1 saturated carbocycles. The average Bonchev–Trinajstić information content (AvgIpc) is 2.99. The van der Waals surface area contributed by atoms with E-state index in [2.05, 4.69) is 0 Å². The summed E-state index contributed by atoms with van der Waals surface area (Å²) in [6.07, 6.45) is -0.423. The standard InChI is InChI=1S/C21H26F2N2O4/c1-10-7-24(8-11(2)29-10)17-12(5-6-14(22)16(17)23)19(26)25-9-13-15(21(13,3)4)18(25)20(27)28/h5-6,10-11,13,15,18H,7-9H2,1-4H3,(H,27,28)/t10-,11+,13-,15-,18-/m0/s1. The Balaban J connectivity index is 1.71. The second-order valence-corrected chi connectivity index (χ2v) is 9.11. The van der Waals surface area contributed by atoms with Crippen LogP contribution < -0.4 is 4.90 Å². The molecule has 1 aromatic carbocycles. The Labute approximate surface area is 168 Å². The Kier molecular flexibility index (Phi) is 4.60. The third kappa shape index (κ3) is 3.08. The van der Waals surface area contributed by atoms with E-state index in [1.165, 1.54) is 11.0 Å². The van der Waals surface area contributed by atoms with Gasteiger partial charge in [-0.2, -0.15) is 0 Å². The van der Waals surface area contributed by atoms with Crippen LogP contribution in [-0.2, 0) is 9.53 Å². The van der Waals surface area contributed by atoms with E-state index in [0.717, 1.165) is 6.07 Å². The number of carboxylic acids is 1. The lowest BCUT2D eigenvalue weighted by Gasteiger charge is -2.38. The van der Waals surface area contributed by atoms with Crippen LogP contribution >= 0.6 is 0 Å². The van der Waals surface area contributed by atoms with Crippen molar-refractivity contribution in [3.63, 3.8) is 0 Å². The molecule has 2 aliphatic heterocycles. The predicted molar refractivity (Wildman–Crippen MR) is 102 cm³/mol. The van der Waals surface area contributed by atoms with Crippen LogP contribution in [0.4, 0.5) is 14.5 Å². The summed E-state index contributed by atoms with van der Waals surface area (Å²) in [5.74, 6) is -3.78. The molecule has 2 saturated heterocycles. The van der Waals surface area contributed by atoms with Gasteiger partial charge in [0.25, 0.3) is 5.91 Å². The van der Waals surface area contributed by atoms with E-state index in [1.54, 1.807) is 4.90 Å². The number of rotatable bonds is 3. The highest BCUT2D eigenvalue weighted by atomic mass is 19.2. The highest BCUT2D eigenvalue weighted by Gasteiger charge is 2.69. The van der Waals surface area contributed by atoms with Crippen LogP contribution in [0.15, 0.2) is 12.1 Å². The van der Waals surface area contributed by atoms with Crippen molar-refractivity contribution in [1.29, 1.82) is 0 Å². The number of hydrogen-bond acceptors (Lipinski definition) is 4. The van der Waals surface area contributed by atoms with Crippen LogP contribution in [0.1, 0.15) is 38.1 Å². The number of carboxylic acid groups (broad SMARTS) is 1. The minimum Gasteiger partial charge on any atom is -0.480 e. The quantitative estimate of drug-likeness (QED) is 0.833. The summed E-state index contributed by atoms with van der Waals surface area (Å²) in [5, 5.41) is 9.74. The molecule has 1 aromatic rings. The first-order chi connectivity index (χ1) is 13.5. The summed E-state index contributed by atoms with van der Waals surface area (Å²) in [5.41, 5.74) is -0.247. The van der Waals surface area contributed by atoms with Crippen molar-refractivity contribution in [3.05, 3.63) is 29.3 Å². The Hall–Kier alpha value is -2.22. The number of fused-ring (bicyclic) bond motifs is 1. The zero-order valence-corrected chi connectivity index (χ0v) is 17.0. The van der Waals surface area contributed by atoms with Gasteiger partial charge in [-0.05, 0) is 37.3 Å². The zero-order chi connectivity index (χ0) is 21.2. The zero-order valence-electron chi connectivity index (χ0n) is 17.0. The molecule has 0 spiro atoms. The summed E-state index contributed by atoms with van der Waals surface area (Å²) >= 11 is 0. The van der Waals surface area contributed by atoms with E-state index in [4.69, 9.17) is 4.74 Å². The van der Waals surface area contributed by atoms with Crippen LogP contribution in [0.3, 0.4) is 0 Å².